The molecular weight excluding hydrogens is 295 g/mol. The van der Waals surface area contributed by atoms with Crippen molar-refractivity contribution >= 4 is 0 Å². The van der Waals surface area contributed by atoms with Gasteiger partial charge < -0.3 is 10.4 Å². The lowest BCUT2D eigenvalue weighted by molar-refractivity contribution is 0.275. The van der Waals surface area contributed by atoms with Crippen LogP contribution in [-0.4, -0.2) is 20.3 Å². The molecule has 3 rings (SSSR count). The van der Waals surface area contributed by atoms with Crippen LogP contribution in [0.15, 0.2) is 48.9 Å². The fourth-order valence-corrected chi connectivity index (χ4v) is 2.41. The Bertz CT molecular complexity index is 773. The highest BCUT2D eigenvalue weighted by Gasteiger charge is 2.08. The quantitative estimate of drug-likeness (QED) is 0.653. The third-order valence-corrected chi connectivity index (χ3v) is 3.59. The first-order chi connectivity index (χ1) is 11.3. The van der Waals surface area contributed by atoms with Crippen LogP contribution in [0.1, 0.15) is 16.7 Å². The van der Waals surface area contributed by atoms with Crippen molar-refractivity contribution in [2.75, 3.05) is 0 Å². The maximum Gasteiger partial charge on any atom is 0.128 e. The molecule has 0 bridgehead atoms. The molecule has 3 N–H and O–H groups in total. The monoisotopic (exact) mass is 312 g/mol. The van der Waals surface area contributed by atoms with E-state index in [1.54, 1.807) is 30.7 Å². The Balaban J connectivity index is 1.65. The second-order valence-corrected chi connectivity index (χ2v) is 5.20. The number of pyridine rings is 1. The lowest BCUT2D eigenvalue weighted by Crippen LogP contribution is -2.13. The van der Waals surface area contributed by atoms with E-state index in [0.29, 0.717) is 18.7 Å². The second kappa shape index (κ2) is 7.13. The molecule has 0 radical (unpaired) electrons. The van der Waals surface area contributed by atoms with Crippen LogP contribution in [0.25, 0.3) is 11.3 Å². The van der Waals surface area contributed by atoms with Crippen LogP contribution in [0.5, 0.6) is 0 Å². The van der Waals surface area contributed by atoms with Gasteiger partial charge in [-0.15, -0.1) is 0 Å². The standard InChI is InChI=1S/C17H17FN4O/c18-16-4-3-12(6-14(16)11-23)7-20-9-15-10-21-22-17(15)13-2-1-5-19-8-13/h1-6,8,10,20,23H,7,9,11H2,(H,21,22). The summed E-state index contributed by atoms with van der Waals surface area (Å²) in [5, 5.41) is 19.5. The Kier molecular flexibility index (Phi) is 4.75. The molecule has 0 fully saturated rings. The number of hydrogen-bond donors (Lipinski definition) is 3. The molecule has 0 aliphatic carbocycles. The molecule has 0 saturated carbocycles. The largest absolute Gasteiger partial charge is 0.392 e. The fraction of sp³-hybridized carbons (Fsp3) is 0.176. The molecule has 1 aromatic carbocycles. The van der Waals surface area contributed by atoms with Gasteiger partial charge in [0.15, 0.2) is 0 Å². The van der Waals surface area contributed by atoms with Crippen molar-refractivity contribution in [1.82, 2.24) is 20.5 Å². The number of nitrogens with zero attached hydrogens (tertiary/aromatic N) is 2. The van der Waals surface area contributed by atoms with Crippen LogP contribution < -0.4 is 5.32 Å². The van der Waals surface area contributed by atoms with Crippen LogP contribution in [0.3, 0.4) is 0 Å². The third kappa shape index (κ3) is 3.61. The Morgan fingerprint density at radius 2 is 2.04 bits per heavy atom. The van der Waals surface area contributed by atoms with Gasteiger partial charge in [0, 0.05) is 42.2 Å². The topological polar surface area (TPSA) is 73.8 Å². The first-order valence-corrected chi connectivity index (χ1v) is 7.29. The zero-order chi connectivity index (χ0) is 16.1. The molecule has 0 saturated heterocycles. The maximum absolute atomic E-state index is 13.4. The maximum atomic E-state index is 13.4. The Hall–Kier alpha value is -2.57. The summed E-state index contributed by atoms with van der Waals surface area (Å²) in [5.74, 6) is -0.384. The second-order valence-electron chi connectivity index (χ2n) is 5.20. The summed E-state index contributed by atoms with van der Waals surface area (Å²) in [4.78, 5) is 4.11. The number of benzene rings is 1. The minimum atomic E-state index is -0.384. The van der Waals surface area contributed by atoms with Gasteiger partial charge >= 0.3 is 0 Å². The van der Waals surface area contributed by atoms with Crippen molar-refractivity contribution in [1.29, 1.82) is 0 Å². The molecule has 6 heteroatoms. The highest BCUT2D eigenvalue weighted by Crippen LogP contribution is 2.19. The summed E-state index contributed by atoms with van der Waals surface area (Å²) in [6.07, 6.45) is 5.29. The van der Waals surface area contributed by atoms with E-state index in [4.69, 9.17) is 5.11 Å². The average Bonchev–Trinajstić information content (AvgIpc) is 3.05. The summed E-state index contributed by atoms with van der Waals surface area (Å²) in [5.41, 5.74) is 4.17. The zero-order valence-electron chi connectivity index (χ0n) is 12.5. The van der Waals surface area contributed by atoms with Crippen molar-refractivity contribution in [2.24, 2.45) is 0 Å². The molecule has 118 valence electrons. The van der Waals surface area contributed by atoms with Crippen molar-refractivity contribution in [3.63, 3.8) is 0 Å². The van der Waals surface area contributed by atoms with Crippen LogP contribution in [0, 0.1) is 5.82 Å². The third-order valence-electron chi connectivity index (χ3n) is 3.59. The minimum Gasteiger partial charge on any atom is -0.392 e. The number of aromatic nitrogens is 3. The van der Waals surface area contributed by atoms with Gasteiger partial charge in [0.25, 0.3) is 0 Å². The molecule has 5 nitrogen and oxygen atoms in total. The summed E-state index contributed by atoms with van der Waals surface area (Å²) in [7, 11) is 0. The van der Waals surface area contributed by atoms with E-state index in [9.17, 15) is 4.39 Å². The van der Waals surface area contributed by atoms with E-state index < -0.39 is 0 Å². The number of aliphatic hydroxyl groups excluding tert-OH is 1. The first kappa shape index (κ1) is 15.3. The predicted octanol–water partition coefficient (Wildman–Crippen LogP) is 2.39. The molecule has 23 heavy (non-hydrogen) atoms. The van der Waals surface area contributed by atoms with E-state index in [0.717, 1.165) is 22.4 Å². The molecule has 3 aromatic rings. The number of H-pyrrole nitrogens is 1. The summed E-state index contributed by atoms with van der Waals surface area (Å²) >= 11 is 0. The highest BCUT2D eigenvalue weighted by atomic mass is 19.1. The van der Waals surface area contributed by atoms with Crippen molar-refractivity contribution in [3.05, 3.63) is 71.4 Å². The first-order valence-electron chi connectivity index (χ1n) is 7.29. The number of halogens is 1. The SMILES string of the molecule is OCc1cc(CNCc2cn[nH]c2-c2cccnc2)ccc1F. The van der Waals surface area contributed by atoms with Gasteiger partial charge in [0.05, 0.1) is 18.5 Å². The zero-order valence-corrected chi connectivity index (χ0v) is 12.5. The van der Waals surface area contributed by atoms with E-state index in [1.165, 1.54) is 6.07 Å². The summed E-state index contributed by atoms with van der Waals surface area (Å²) in [6, 6.07) is 8.60. The molecule has 0 aliphatic heterocycles. The molecule has 2 heterocycles. The molecule has 0 aliphatic rings. The summed E-state index contributed by atoms with van der Waals surface area (Å²) in [6.45, 7) is 0.893. The van der Waals surface area contributed by atoms with Crippen LogP contribution in [0.2, 0.25) is 0 Å². The van der Waals surface area contributed by atoms with E-state index in [2.05, 4.69) is 20.5 Å². The van der Waals surface area contributed by atoms with Gasteiger partial charge in [-0.1, -0.05) is 6.07 Å². The Morgan fingerprint density at radius 1 is 1.13 bits per heavy atom. The van der Waals surface area contributed by atoms with Gasteiger partial charge in [-0.25, -0.2) is 4.39 Å². The van der Waals surface area contributed by atoms with Crippen molar-refractivity contribution in [3.8, 4) is 11.3 Å². The van der Waals surface area contributed by atoms with Crippen molar-refractivity contribution in [2.45, 2.75) is 19.7 Å². The van der Waals surface area contributed by atoms with E-state index in [-0.39, 0.29) is 12.4 Å². The van der Waals surface area contributed by atoms with Crippen LogP contribution in [-0.2, 0) is 19.7 Å². The van der Waals surface area contributed by atoms with E-state index in [1.807, 2.05) is 12.1 Å². The van der Waals surface area contributed by atoms with Crippen LogP contribution >= 0.6 is 0 Å². The number of hydrogen-bond acceptors (Lipinski definition) is 4. The number of nitrogens with one attached hydrogen (secondary N) is 2. The molecule has 2 aromatic heterocycles. The van der Waals surface area contributed by atoms with Crippen LogP contribution in [0.4, 0.5) is 4.39 Å². The average molecular weight is 312 g/mol. The van der Waals surface area contributed by atoms with Gasteiger partial charge in [-0.2, -0.15) is 5.10 Å². The molecule has 0 amide bonds. The number of aliphatic hydroxyl groups is 1. The molecular formula is C17H17FN4O. The predicted molar refractivity (Wildman–Crippen MR) is 84.7 cm³/mol. The van der Waals surface area contributed by atoms with Gasteiger partial charge in [-0.3, -0.25) is 10.1 Å². The lowest BCUT2D eigenvalue weighted by Gasteiger charge is -2.07. The van der Waals surface area contributed by atoms with Crippen molar-refractivity contribution < 1.29 is 9.50 Å². The molecule has 0 atom stereocenters. The lowest BCUT2D eigenvalue weighted by atomic mass is 10.1. The molecule has 0 unspecified atom stereocenters. The minimum absolute atomic E-state index is 0.299. The Morgan fingerprint density at radius 3 is 2.83 bits per heavy atom. The number of rotatable bonds is 6. The smallest absolute Gasteiger partial charge is 0.128 e. The summed E-state index contributed by atoms with van der Waals surface area (Å²) < 4.78 is 13.4. The van der Waals surface area contributed by atoms with Gasteiger partial charge in [0.2, 0.25) is 0 Å². The fourth-order valence-electron chi connectivity index (χ4n) is 2.41. The Labute approximate surface area is 133 Å². The normalized spacial score (nSPS) is 10.9. The number of aromatic amines is 1. The molecule has 0 spiro atoms. The van der Waals surface area contributed by atoms with E-state index >= 15 is 0 Å². The van der Waals surface area contributed by atoms with Gasteiger partial charge in [0.1, 0.15) is 5.82 Å². The van der Waals surface area contributed by atoms with Gasteiger partial charge in [-0.05, 0) is 29.8 Å². The highest BCUT2D eigenvalue weighted by molar-refractivity contribution is 5.61.